The van der Waals surface area contributed by atoms with Crippen molar-refractivity contribution in [1.82, 2.24) is 10.2 Å². The second-order valence-corrected chi connectivity index (χ2v) is 5.85. The Bertz CT molecular complexity index is 491. The average molecular weight is 355 g/mol. The number of nitrogens with one attached hydrogen (secondary N) is 1. The molecule has 1 aliphatic heterocycles. The topological polar surface area (TPSA) is 32.3 Å². The first-order chi connectivity index (χ1) is 9.97. The van der Waals surface area contributed by atoms with Crippen LogP contribution in [0.25, 0.3) is 0 Å². The van der Waals surface area contributed by atoms with Crippen molar-refractivity contribution in [2.75, 3.05) is 31.9 Å². The lowest BCUT2D eigenvalue weighted by Crippen LogP contribution is -2.35. The van der Waals surface area contributed by atoms with E-state index in [0.29, 0.717) is 18.0 Å². The third kappa shape index (κ3) is 5.70. The Morgan fingerprint density at radius 2 is 2.05 bits per heavy atom. The molecule has 1 fully saturated rings. The molecule has 1 amide bonds. The Morgan fingerprint density at radius 3 is 2.77 bits per heavy atom. The van der Waals surface area contributed by atoms with E-state index in [1.807, 2.05) is 0 Å². The second kappa shape index (κ2) is 8.64. The summed E-state index contributed by atoms with van der Waals surface area (Å²) < 4.78 is 37.8. The van der Waals surface area contributed by atoms with E-state index < -0.39 is 11.7 Å². The Balaban J connectivity index is 0.00000242. The van der Waals surface area contributed by atoms with E-state index in [1.165, 1.54) is 6.07 Å². The molecule has 1 aliphatic rings. The van der Waals surface area contributed by atoms with Gasteiger partial charge in [-0.2, -0.15) is 13.2 Å². The minimum absolute atomic E-state index is 0. The molecule has 8 heteroatoms. The Kier molecular flexibility index (Phi) is 7.52. The fraction of sp³-hybridized carbons (Fsp3) is 0.500. The van der Waals surface area contributed by atoms with Crippen LogP contribution in [-0.2, 0) is 11.0 Å². The number of alkyl halides is 3. The quantitative estimate of drug-likeness (QED) is 0.847. The largest absolute Gasteiger partial charge is 0.416 e. The summed E-state index contributed by atoms with van der Waals surface area (Å²) in [7, 11) is 0. The van der Waals surface area contributed by atoms with Crippen LogP contribution in [0.15, 0.2) is 29.2 Å². The summed E-state index contributed by atoms with van der Waals surface area (Å²) in [5.41, 5.74) is -0.682. The Labute approximate surface area is 138 Å². The Morgan fingerprint density at radius 1 is 1.27 bits per heavy atom. The molecule has 1 saturated heterocycles. The number of rotatable bonds is 3. The number of halogens is 4. The van der Waals surface area contributed by atoms with Gasteiger partial charge in [0, 0.05) is 24.5 Å². The number of nitrogens with zero attached hydrogens (tertiary/aromatic N) is 1. The van der Waals surface area contributed by atoms with Gasteiger partial charge in [0.25, 0.3) is 0 Å². The number of carbonyl (C=O) groups excluding carboxylic acids is 1. The van der Waals surface area contributed by atoms with Gasteiger partial charge in [-0.15, -0.1) is 24.2 Å². The van der Waals surface area contributed by atoms with Crippen molar-refractivity contribution in [1.29, 1.82) is 0 Å². The minimum atomic E-state index is -4.35. The van der Waals surface area contributed by atoms with Gasteiger partial charge in [0.1, 0.15) is 0 Å². The number of amides is 1. The van der Waals surface area contributed by atoms with E-state index in [-0.39, 0.29) is 24.1 Å². The van der Waals surface area contributed by atoms with Crippen LogP contribution in [0.4, 0.5) is 13.2 Å². The van der Waals surface area contributed by atoms with Crippen LogP contribution in [0.1, 0.15) is 12.0 Å². The molecule has 22 heavy (non-hydrogen) atoms. The van der Waals surface area contributed by atoms with E-state index in [2.05, 4.69) is 5.32 Å². The molecule has 0 radical (unpaired) electrons. The van der Waals surface area contributed by atoms with E-state index >= 15 is 0 Å². The molecular formula is C14H18ClF3N2OS. The zero-order chi connectivity index (χ0) is 15.3. The zero-order valence-corrected chi connectivity index (χ0v) is 13.5. The van der Waals surface area contributed by atoms with Gasteiger partial charge >= 0.3 is 6.18 Å². The van der Waals surface area contributed by atoms with Crippen molar-refractivity contribution >= 4 is 30.1 Å². The van der Waals surface area contributed by atoms with Crippen molar-refractivity contribution in [3.8, 4) is 0 Å². The fourth-order valence-electron chi connectivity index (χ4n) is 2.09. The molecule has 0 aliphatic carbocycles. The maximum absolute atomic E-state index is 12.6. The van der Waals surface area contributed by atoms with Gasteiger partial charge in [0.15, 0.2) is 0 Å². The molecule has 3 nitrogen and oxygen atoms in total. The van der Waals surface area contributed by atoms with E-state index in [1.54, 1.807) is 11.0 Å². The maximum atomic E-state index is 12.6. The Hall–Kier alpha value is -0.920. The van der Waals surface area contributed by atoms with Crippen molar-refractivity contribution in [2.24, 2.45) is 0 Å². The molecule has 1 N–H and O–H groups in total. The van der Waals surface area contributed by atoms with Crippen molar-refractivity contribution in [2.45, 2.75) is 17.5 Å². The number of hydrogen-bond donors (Lipinski definition) is 1. The van der Waals surface area contributed by atoms with Crippen LogP contribution in [0.5, 0.6) is 0 Å². The van der Waals surface area contributed by atoms with Gasteiger partial charge in [-0.05, 0) is 31.2 Å². The number of thioether (sulfide) groups is 1. The molecule has 0 saturated carbocycles. The van der Waals surface area contributed by atoms with Crippen LogP contribution in [0.2, 0.25) is 0 Å². The van der Waals surface area contributed by atoms with Crippen molar-refractivity contribution in [3.63, 3.8) is 0 Å². The van der Waals surface area contributed by atoms with E-state index in [9.17, 15) is 18.0 Å². The molecule has 0 bridgehead atoms. The highest BCUT2D eigenvalue weighted by molar-refractivity contribution is 8.00. The van der Waals surface area contributed by atoms with Crippen molar-refractivity contribution in [3.05, 3.63) is 29.8 Å². The van der Waals surface area contributed by atoms with Crippen molar-refractivity contribution < 1.29 is 18.0 Å². The van der Waals surface area contributed by atoms with Crippen LogP contribution in [0, 0.1) is 0 Å². The van der Waals surface area contributed by atoms with Crippen LogP contribution in [0.3, 0.4) is 0 Å². The molecule has 0 atom stereocenters. The minimum Gasteiger partial charge on any atom is -0.341 e. The summed E-state index contributed by atoms with van der Waals surface area (Å²) in [5.74, 6) is 0.141. The zero-order valence-electron chi connectivity index (χ0n) is 11.9. The predicted octanol–water partition coefficient (Wildman–Crippen LogP) is 3.04. The summed E-state index contributed by atoms with van der Waals surface area (Å²) in [6.45, 7) is 3.02. The normalized spacial score (nSPS) is 15.9. The van der Waals surface area contributed by atoms with Gasteiger partial charge in [0.2, 0.25) is 5.91 Å². The SMILES string of the molecule is Cl.O=C(CSc1cccc(C(F)(F)F)c1)N1CCCNCC1. The lowest BCUT2D eigenvalue weighted by atomic mass is 10.2. The summed E-state index contributed by atoms with van der Waals surface area (Å²) in [4.78, 5) is 14.3. The fourth-order valence-corrected chi connectivity index (χ4v) is 2.95. The first kappa shape index (κ1) is 19.1. The molecule has 0 aromatic heterocycles. The molecule has 1 heterocycles. The summed E-state index contributed by atoms with van der Waals surface area (Å²) >= 11 is 1.15. The average Bonchev–Trinajstić information content (AvgIpc) is 2.73. The lowest BCUT2D eigenvalue weighted by Gasteiger charge is -2.19. The van der Waals surface area contributed by atoms with Gasteiger partial charge in [-0.3, -0.25) is 4.79 Å². The predicted molar refractivity (Wildman–Crippen MR) is 83.5 cm³/mol. The standard InChI is InChI=1S/C14H17F3N2OS.ClH/c15-14(16,17)11-3-1-4-12(9-11)21-10-13(20)19-7-2-5-18-6-8-19;/h1,3-4,9,18H,2,5-8,10H2;1H. The van der Waals surface area contributed by atoms with Gasteiger partial charge in [0.05, 0.1) is 11.3 Å². The molecule has 124 valence electrons. The number of benzene rings is 1. The van der Waals surface area contributed by atoms with Crippen LogP contribution in [-0.4, -0.2) is 42.7 Å². The number of hydrogen-bond acceptors (Lipinski definition) is 3. The van der Waals surface area contributed by atoms with Crippen LogP contribution >= 0.6 is 24.2 Å². The summed E-state index contributed by atoms with van der Waals surface area (Å²) in [6.07, 6.45) is -3.45. The van der Waals surface area contributed by atoms with Gasteiger partial charge in [-0.25, -0.2) is 0 Å². The molecule has 1 aromatic rings. The molecule has 1 aromatic carbocycles. The summed E-state index contributed by atoms with van der Waals surface area (Å²) in [6, 6.07) is 5.08. The molecule has 0 unspecified atom stereocenters. The lowest BCUT2D eigenvalue weighted by molar-refractivity contribution is -0.137. The van der Waals surface area contributed by atoms with E-state index in [0.717, 1.165) is 43.4 Å². The number of carbonyl (C=O) groups is 1. The van der Waals surface area contributed by atoms with E-state index in [4.69, 9.17) is 0 Å². The highest BCUT2D eigenvalue weighted by Gasteiger charge is 2.30. The first-order valence-corrected chi connectivity index (χ1v) is 7.74. The van der Waals surface area contributed by atoms with Gasteiger partial charge < -0.3 is 10.2 Å². The monoisotopic (exact) mass is 354 g/mol. The highest BCUT2D eigenvalue weighted by atomic mass is 35.5. The van der Waals surface area contributed by atoms with Gasteiger partial charge in [-0.1, -0.05) is 6.07 Å². The smallest absolute Gasteiger partial charge is 0.341 e. The maximum Gasteiger partial charge on any atom is 0.416 e. The van der Waals surface area contributed by atoms with Crippen LogP contribution < -0.4 is 5.32 Å². The molecule has 2 rings (SSSR count). The highest BCUT2D eigenvalue weighted by Crippen LogP contribution is 2.31. The third-order valence-electron chi connectivity index (χ3n) is 3.22. The second-order valence-electron chi connectivity index (χ2n) is 4.80. The summed E-state index contributed by atoms with van der Waals surface area (Å²) in [5, 5.41) is 3.20. The third-order valence-corrected chi connectivity index (χ3v) is 4.20. The molecular weight excluding hydrogens is 337 g/mol. The first-order valence-electron chi connectivity index (χ1n) is 6.75. The molecule has 0 spiro atoms.